The second kappa shape index (κ2) is 5.37. The van der Waals surface area contributed by atoms with Gasteiger partial charge in [0, 0.05) is 0 Å². The number of carbonyl (C=O) groups is 2. The van der Waals surface area contributed by atoms with Gasteiger partial charge in [-0.05, 0) is 12.1 Å². The maximum absolute atomic E-state index is 11.9. The lowest BCUT2D eigenvalue weighted by Crippen LogP contribution is -2.37. The van der Waals surface area contributed by atoms with Crippen LogP contribution in [0.25, 0.3) is 0 Å². The van der Waals surface area contributed by atoms with E-state index in [2.05, 4.69) is 0 Å². The van der Waals surface area contributed by atoms with Crippen molar-refractivity contribution in [2.45, 2.75) is 0 Å². The molecule has 1 heterocycles. The lowest BCUT2D eigenvalue weighted by molar-refractivity contribution is -0.115. The van der Waals surface area contributed by atoms with Crippen molar-refractivity contribution in [3.05, 3.63) is 23.8 Å². The number of carbonyl (C=O) groups excluding carboxylic acids is 2. The lowest BCUT2D eigenvalue weighted by Gasteiger charge is -2.20. The second-order valence-electron chi connectivity index (χ2n) is 3.99. The first-order chi connectivity index (χ1) is 9.39. The van der Waals surface area contributed by atoms with E-state index in [1.807, 2.05) is 0 Å². The van der Waals surface area contributed by atoms with Gasteiger partial charge in [0.2, 0.25) is 15.9 Å². The molecular weight excluding hydrogens is 288 g/mol. The fourth-order valence-corrected chi connectivity index (χ4v) is 2.51. The summed E-state index contributed by atoms with van der Waals surface area (Å²) in [6.45, 7) is 0.601. The highest BCUT2D eigenvalue weighted by Gasteiger charge is 2.24. The SMILES string of the molecule is NC(=O)CS(=O)(=O)NC(=O)c1cccc2c1OCCO2. The van der Waals surface area contributed by atoms with E-state index in [0.29, 0.717) is 12.4 Å². The molecule has 0 radical (unpaired) electrons. The van der Waals surface area contributed by atoms with E-state index in [1.54, 1.807) is 10.8 Å². The maximum Gasteiger partial charge on any atom is 0.268 e. The standard InChI is InChI=1S/C11H12N2O6S/c12-9(14)6-20(16,17)13-11(15)7-2-1-3-8-10(7)19-5-4-18-8/h1-3H,4-6H2,(H2,12,14)(H,13,15). The number of amides is 2. The Kier molecular flexibility index (Phi) is 3.79. The number of primary amides is 1. The maximum atomic E-state index is 11.9. The molecule has 1 aromatic carbocycles. The van der Waals surface area contributed by atoms with Crippen molar-refractivity contribution in [2.75, 3.05) is 19.0 Å². The van der Waals surface area contributed by atoms with Crippen molar-refractivity contribution >= 4 is 21.8 Å². The molecule has 20 heavy (non-hydrogen) atoms. The van der Waals surface area contributed by atoms with Gasteiger partial charge in [0.05, 0.1) is 5.56 Å². The van der Waals surface area contributed by atoms with Crippen molar-refractivity contribution in [1.29, 1.82) is 0 Å². The number of fused-ring (bicyclic) bond motifs is 1. The van der Waals surface area contributed by atoms with Crippen molar-refractivity contribution in [1.82, 2.24) is 4.72 Å². The molecule has 1 aliphatic heterocycles. The van der Waals surface area contributed by atoms with Crippen LogP contribution in [0.5, 0.6) is 11.5 Å². The summed E-state index contributed by atoms with van der Waals surface area (Å²) in [5.74, 6) is -2.40. The Morgan fingerprint density at radius 1 is 1.25 bits per heavy atom. The third-order valence-electron chi connectivity index (χ3n) is 2.39. The van der Waals surface area contributed by atoms with Crippen molar-refractivity contribution in [3.63, 3.8) is 0 Å². The van der Waals surface area contributed by atoms with Crippen LogP contribution in [0.2, 0.25) is 0 Å². The van der Waals surface area contributed by atoms with E-state index in [1.165, 1.54) is 12.1 Å². The second-order valence-corrected chi connectivity index (χ2v) is 5.71. The highest BCUT2D eigenvalue weighted by molar-refractivity contribution is 7.90. The first kappa shape index (κ1) is 14.1. The largest absolute Gasteiger partial charge is 0.486 e. The van der Waals surface area contributed by atoms with Crippen LogP contribution in [-0.4, -0.2) is 39.2 Å². The van der Waals surface area contributed by atoms with Gasteiger partial charge in [0.15, 0.2) is 11.5 Å². The zero-order valence-electron chi connectivity index (χ0n) is 10.3. The molecule has 0 unspecified atom stereocenters. The number of hydrogen-bond acceptors (Lipinski definition) is 6. The van der Waals surface area contributed by atoms with E-state index >= 15 is 0 Å². The predicted octanol–water partition coefficient (Wildman–Crippen LogP) is -0.997. The molecule has 0 atom stereocenters. The van der Waals surface area contributed by atoms with Gasteiger partial charge in [-0.15, -0.1) is 0 Å². The number of nitrogens with one attached hydrogen (secondary N) is 1. The molecule has 1 aromatic rings. The summed E-state index contributed by atoms with van der Waals surface area (Å²) in [6, 6.07) is 4.52. The van der Waals surface area contributed by atoms with Crippen LogP contribution < -0.4 is 19.9 Å². The Balaban J connectivity index is 2.24. The van der Waals surface area contributed by atoms with Crippen molar-refractivity contribution < 1.29 is 27.5 Å². The first-order valence-corrected chi connectivity index (χ1v) is 7.26. The molecule has 0 saturated carbocycles. The van der Waals surface area contributed by atoms with Gasteiger partial charge in [-0.2, -0.15) is 0 Å². The molecule has 8 nitrogen and oxygen atoms in total. The van der Waals surface area contributed by atoms with Crippen LogP contribution in [0, 0.1) is 0 Å². The van der Waals surface area contributed by atoms with Crippen LogP contribution in [0.4, 0.5) is 0 Å². The van der Waals surface area contributed by atoms with Gasteiger partial charge < -0.3 is 15.2 Å². The molecule has 2 rings (SSSR count). The number of sulfonamides is 1. The highest BCUT2D eigenvalue weighted by atomic mass is 32.2. The predicted molar refractivity (Wildman–Crippen MR) is 67.9 cm³/mol. The zero-order chi connectivity index (χ0) is 14.8. The van der Waals surface area contributed by atoms with E-state index < -0.39 is 27.6 Å². The van der Waals surface area contributed by atoms with Gasteiger partial charge in [0.25, 0.3) is 5.91 Å². The van der Waals surface area contributed by atoms with Gasteiger partial charge >= 0.3 is 0 Å². The molecule has 0 saturated heterocycles. The Morgan fingerprint density at radius 3 is 2.65 bits per heavy atom. The van der Waals surface area contributed by atoms with Crippen LogP contribution in [0.3, 0.4) is 0 Å². The molecule has 0 spiro atoms. The van der Waals surface area contributed by atoms with Gasteiger partial charge in [-0.3, -0.25) is 9.59 Å². The third-order valence-corrected chi connectivity index (χ3v) is 3.55. The van der Waals surface area contributed by atoms with E-state index in [4.69, 9.17) is 15.2 Å². The minimum atomic E-state index is -4.13. The normalized spacial score (nSPS) is 13.6. The minimum absolute atomic E-state index is 0.00949. The Labute approximate surface area is 114 Å². The molecule has 108 valence electrons. The molecule has 0 aliphatic carbocycles. The molecule has 0 aromatic heterocycles. The van der Waals surface area contributed by atoms with Crippen molar-refractivity contribution in [2.24, 2.45) is 5.73 Å². The van der Waals surface area contributed by atoms with Crippen LogP contribution in [0.15, 0.2) is 18.2 Å². The highest BCUT2D eigenvalue weighted by Crippen LogP contribution is 2.33. The van der Waals surface area contributed by atoms with E-state index in [9.17, 15) is 18.0 Å². The fourth-order valence-electron chi connectivity index (χ4n) is 1.67. The number of ether oxygens (including phenoxy) is 2. The lowest BCUT2D eigenvalue weighted by atomic mass is 10.1. The van der Waals surface area contributed by atoms with Crippen LogP contribution in [-0.2, 0) is 14.8 Å². The summed E-state index contributed by atoms with van der Waals surface area (Å²) in [6.07, 6.45) is 0. The van der Waals surface area contributed by atoms with Crippen LogP contribution in [0.1, 0.15) is 10.4 Å². The average molecular weight is 300 g/mol. The summed E-state index contributed by atoms with van der Waals surface area (Å²) in [5, 5.41) is 0. The Morgan fingerprint density at radius 2 is 1.95 bits per heavy atom. The van der Waals surface area contributed by atoms with Gasteiger partial charge in [-0.1, -0.05) is 6.07 Å². The summed E-state index contributed by atoms with van der Waals surface area (Å²) >= 11 is 0. The number of rotatable bonds is 4. The van der Waals surface area contributed by atoms with Crippen molar-refractivity contribution in [3.8, 4) is 11.5 Å². The minimum Gasteiger partial charge on any atom is -0.486 e. The molecule has 1 aliphatic rings. The number of para-hydroxylation sites is 1. The number of nitrogens with two attached hydrogens (primary N) is 1. The van der Waals surface area contributed by atoms with Gasteiger partial charge in [0.1, 0.15) is 19.0 Å². The molecule has 0 bridgehead atoms. The molecule has 2 amide bonds. The summed E-state index contributed by atoms with van der Waals surface area (Å²) in [4.78, 5) is 22.5. The number of benzene rings is 1. The molecular formula is C11H12N2O6S. The van der Waals surface area contributed by atoms with Gasteiger partial charge in [-0.25, -0.2) is 13.1 Å². The first-order valence-electron chi connectivity index (χ1n) is 5.61. The van der Waals surface area contributed by atoms with Crippen LogP contribution >= 0.6 is 0 Å². The number of hydrogen-bond donors (Lipinski definition) is 2. The Bertz CT molecular complexity index is 655. The fraction of sp³-hybridized carbons (Fsp3) is 0.273. The smallest absolute Gasteiger partial charge is 0.268 e. The third kappa shape index (κ3) is 3.18. The average Bonchev–Trinajstić information content (AvgIpc) is 2.35. The Hall–Kier alpha value is -2.29. The van der Waals surface area contributed by atoms with E-state index in [-0.39, 0.29) is 17.9 Å². The zero-order valence-corrected chi connectivity index (χ0v) is 11.1. The summed E-state index contributed by atoms with van der Waals surface area (Å²) in [7, 11) is -4.13. The topological polar surface area (TPSA) is 125 Å². The summed E-state index contributed by atoms with van der Waals surface area (Å²) in [5.41, 5.74) is 4.80. The molecule has 9 heteroatoms. The quantitative estimate of drug-likeness (QED) is 0.735. The summed E-state index contributed by atoms with van der Waals surface area (Å²) < 4.78 is 35.3. The molecule has 3 N–H and O–H groups in total. The molecule has 0 fully saturated rings. The van der Waals surface area contributed by atoms with E-state index in [0.717, 1.165) is 0 Å². The monoisotopic (exact) mass is 300 g/mol.